The van der Waals surface area contributed by atoms with Crippen molar-refractivity contribution < 1.29 is 13.2 Å². The van der Waals surface area contributed by atoms with Crippen molar-refractivity contribution >= 4 is 21.4 Å². The Bertz CT molecular complexity index is 507. The molecule has 1 aromatic heterocycles. The molecule has 1 N–H and O–H groups in total. The standard InChI is InChI=1S/C12H20N2O3S2/c1-10(9-14-5-7-17-8-6-14)13-19(15,16)12-4-3-11(2)18-12/h3-4,10,13H,5-9H2,1-2H3. The van der Waals surface area contributed by atoms with Crippen LogP contribution in [-0.2, 0) is 14.8 Å². The lowest BCUT2D eigenvalue weighted by atomic mass is 10.3. The van der Waals surface area contributed by atoms with E-state index in [4.69, 9.17) is 4.74 Å². The van der Waals surface area contributed by atoms with Crippen LogP contribution in [0, 0.1) is 6.92 Å². The molecule has 108 valence electrons. The third-order valence-corrected chi connectivity index (χ3v) is 6.05. The molecule has 1 aromatic rings. The normalized spacial score (nSPS) is 19.5. The lowest BCUT2D eigenvalue weighted by Crippen LogP contribution is -2.45. The number of ether oxygens (including phenoxy) is 1. The van der Waals surface area contributed by atoms with Gasteiger partial charge in [0.25, 0.3) is 0 Å². The Balaban J connectivity index is 1.92. The highest BCUT2D eigenvalue weighted by Gasteiger charge is 2.21. The fourth-order valence-electron chi connectivity index (χ4n) is 2.09. The van der Waals surface area contributed by atoms with E-state index >= 15 is 0 Å². The third kappa shape index (κ3) is 4.25. The Hall–Kier alpha value is -0.470. The van der Waals surface area contributed by atoms with Gasteiger partial charge in [-0.1, -0.05) is 0 Å². The van der Waals surface area contributed by atoms with Crippen LogP contribution < -0.4 is 4.72 Å². The average molecular weight is 304 g/mol. The highest BCUT2D eigenvalue weighted by Crippen LogP contribution is 2.20. The van der Waals surface area contributed by atoms with Crippen molar-refractivity contribution in [1.29, 1.82) is 0 Å². The van der Waals surface area contributed by atoms with E-state index in [0.717, 1.165) is 31.2 Å². The third-order valence-electron chi connectivity index (χ3n) is 2.97. The van der Waals surface area contributed by atoms with Gasteiger partial charge in [0.1, 0.15) is 4.21 Å². The summed E-state index contributed by atoms with van der Waals surface area (Å²) in [6.45, 7) is 7.70. The van der Waals surface area contributed by atoms with Gasteiger partial charge in [-0.2, -0.15) is 0 Å². The van der Waals surface area contributed by atoms with E-state index in [0.29, 0.717) is 10.8 Å². The van der Waals surface area contributed by atoms with Crippen molar-refractivity contribution in [1.82, 2.24) is 9.62 Å². The zero-order valence-electron chi connectivity index (χ0n) is 11.3. The van der Waals surface area contributed by atoms with E-state index in [1.807, 2.05) is 19.9 Å². The summed E-state index contributed by atoms with van der Waals surface area (Å²) in [4.78, 5) is 3.22. The molecule has 1 unspecified atom stereocenters. The van der Waals surface area contributed by atoms with Gasteiger partial charge in [-0.05, 0) is 26.0 Å². The summed E-state index contributed by atoms with van der Waals surface area (Å²) in [5, 5.41) is 0. The van der Waals surface area contributed by atoms with Crippen LogP contribution in [0.25, 0.3) is 0 Å². The lowest BCUT2D eigenvalue weighted by molar-refractivity contribution is 0.0354. The summed E-state index contributed by atoms with van der Waals surface area (Å²) in [5.74, 6) is 0. The van der Waals surface area contributed by atoms with Crippen molar-refractivity contribution in [3.63, 3.8) is 0 Å². The molecule has 1 saturated heterocycles. The molecule has 19 heavy (non-hydrogen) atoms. The molecule has 0 radical (unpaired) electrons. The van der Waals surface area contributed by atoms with Gasteiger partial charge in [-0.25, -0.2) is 13.1 Å². The molecule has 0 aliphatic carbocycles. The van der Waals surface area contributed by atoms with Gasteiger partial charge in [0.2, 0.25) is 10.0 Å². The highest BCUT2D eigenvalue weighted by molar-refractivity contribution is 7.91. The summed E-state index contributed by atoms with van der Waals surface area (Å²) in [7, 11) is -3.38. The molecule has 0 amide bonds. The van der Waals surface area contributed by atoms with E-state index in [9.17, 15) is 8.42 Å². The fourth-order valence-corrected chi connectivity index (χ4v) is 4.62. The monoisotopic (exact) mass is 304 g/mol. The van der Waals surface area contributed by atoms with Gasteiger partial charge in [0.15, 0.2) is 0 Å². The molecule has 5 nitrogen and oxygen atoms in total. The highest BCUT2D eigenvalue weighted by atomic mass is 32.2. The zero-order chi connectivity index (χ0) is 13.9. The second kappa shape index (κ2) is 6.32. The molecule has 2 rings (SSSR count). The summed E-state index contributed by atoms with van der Waals surface area (Å²) >= 11 is 1.30. The molecule has 0 bridgehead atoms. The van der Waals surface area contributed by atoms with Crippen LogP contribution in [0.2, 0.25) is 0 Å². The van der Waals surface area contributed by atoms with Crippen molar-refractivity contribution in [2.24, 2.45) is 0 Å². The summed E-state index contributed by atoms with van der Waals surface area (Å²) in [6, 6.07) is 3.38. The maximum Gasteiger partial charge on any atom is 0.250 e. The average Bonchev–Trinajstić information content (AvgIpc) is 2.77. The van der Waals surface area contributed by atoms with E-state index in [1.54, 1.807) is 6.07 Å². The molecule has 0 saturated carbocycles. The number of thiophene rings is 1. The minimum Gasteiger partial charge on any atom is -0.379 e. The number of nitrogens with zero attached hydrogens (tertiary/aromatic N) is 1. The van der Waals surface area contributed by atoms with E-state index < -0.39 is 10.0 Å². The van der Waals surface area contributed by atoms with Gasteiger partial charge in [-0.3, -0.25) is 4.90 Å². The van der Waals surface area contributed by atoms with Crippen molar-refractivity contribution in [2.45, 2.75) is 24.1 Å². The first-order valence-electron chi connectivity index (χ1n) is 6.36. The molecule has 7 heteroatoms. The van der Waals surface area contributed by atoms with Crippen LogP contribution in [0.1, 0.15) is 11.8 Å². The first-order chi connectivity index (χ1) is 8.97. The predicted octanol–water partition coefficient (Wildman–Crippen LogP) is 1.06. The number of rotatable bonds is 5. The minimum absolute atomic E-state index is 0.106. The van der Waals surface area contributed by atoms with Crippen LogP contribution in [0.15, 0.2) is 16.3 Å². The number of sulfonamides is 1. The predicted molar refractivity (Wildman–Crippen MR) is 76.1 cm³/mol. The second-order valence-corrected chi connectivity index (χ2v) is 8.03. The van der Waals surface area contributed by atoms with Crippen LogP contribution in [-0.4, -0.2) is 52.2 Å². The Kier molecular flexibility index (Phi) is 4.97. The molecule has 1 aliphatic heterocycles. The van der Waals surface area contributed by atoms with E-state index in [2.05, 4.69) is 9.62 Å². The quantitative estimate of drug-likeness (QED) is 0.883. The molecule has 0 spiro atoms. The number of nitrogens with one attached hydrogen (secondary N) is 1. The minimum atomic E-state index is -3.38. The molecule has 2 heterocycles. The van der Waals surface area contributed by atoms with Crippen molar-refractivity contribution in [2.75, 3.05) is 32.8 Å². The van der Waals surface area contributed by atoms with Crippen molar-refractivity contribution in [3.8, 4) is 0 Å². The maximum absolute atomic E-state index is 12.2. The summed E-state index contributed by atoms with van der Waals surface area (Å²) in [6.07, 6.45) is 0. The van der Waals surface area contributed by atoms with Gasteiger partial charge in [0.05, 0.1) is 13.2 Å². The Morgan fingerprint density at radius 3 is 2.68 bits per heavy atom. The molecular weight excluding hydrogens is 284 g/mol. The Morgan fingerprint density at radius 1 is 1.42 bits per heavy atom. The fraction of sp³-hybridized carbons (Fsp3) is 0.667. The van der Waals surface area contributed by atoms with E-state index in [1.165, 1.54) is 11.3 Å². The molecule has 0 aromatic carbocycles. The zero-order valence-corrected chi connectivity index (χ0v) is 12.9. The van der Waals surface area contributed by atoms with Crippen LogP contribution in [0.4, 0.5) is 0 Å². The first-order valence-corrected chi connectivity index (χ1v) is 8.66. The van der Waals surface area contributed by atoms with Gasteiger partial charge >= 0.3 is 0 Å². The van der Waals surface area contributed by atoms with Crippen LogP contribution >= 0.6 is 11.3 Å². The first kappa shape index (κ1) is 14.9. The smallest absolute Gasteiger partial charge is 0.250 e. The number of hydrogen-bond donors (Lipinski definition) is 1. The van der Waals surface area contributed by atoms with Gasteiger partial charge in [0, 0.05) is 30.6 Å². The Labute approximate surface area is 118 Å². The second-order valence-electron chi connectivity index (χ2n) is 4.80. The van der Waals surface area contributed by atoms with Crippen molar-refractivity contribution in [3.05, 3.63) is 17.0 Å². The molecular formula is C12H20N2O3S2. The maximum atomic E-state index is 12.2. The van der Waals surface area contributed by atoms with Crippen LogP contribution in [0.3, 0.4) is 0 Å². The molecule has 1 atom stereocenters. The molecule has 1 aliphatic rings. The summed E-state index contributed by atoms with van der Waals surface area (Å²) < 4.78 is 32.7. The largest absolute Gasteiger partial charge is 0.379 e. The van der Waals surface area contributed by atoms with Gasteiger partial charge in [-0.15, -0.1) is 11.3 Å². The topological polar surface area (TPSA) is 58.6 Å². The summed E-state index contributed by atoms with van der Waals surface area (Å²) in [5.41, 5.74) is 0. The van der Waals surface area contributed by atoms with Crippen LogP contribution in [0.5, 0.6) is 0 Å². The Morgan fingerprint density at radius 2 is 2.11 bits per heavy atom. The number of morpholine rings is 1. The number of aryl methyl sites for hydroxylation is 1. The number of hydrogen-bond acceptors (Lipinski definition) is 5. The van der Waals surface area contributed by atoms with E-state index in [-0.39, 0.29) is 6.04 Å². The molecule has 1 fully saturated rings. The lowest BCUT2D eigenvalue weighted by Gasteiger charge is -2.29. The van der Waals surface area contributed by atoms with Gasteiger partial charge < -0.3 is 4.74 Å². The SMILES string of the molecule is Cc1ccc(S(=O)(=O)NC(C)CN2CCOCC2)s1.